The van der Waals surface area contributed by atoms with E-state index in [0.29, 0.717) is 42.9 Å². The van der Waals surface area contributed by atoms with Crippen molar-refractivity contribution in [3.63, 3.8) is 0 Å². The van der Waals surface area contributed by atoms with Gasteiger partial charge < -0.3 is 31.1 Å². The highest BCUT2D eigenvalue weighted by Gasteiger charge is 2.70. The van der Waals surface area contributed by atoms with Gasteiger partial charge in [-0.1, -0.05) is 93.5 Å². The molecule has 0 spiro atoms. The van der Waals surface area contributed by atoms with Gasteiger partial charge in [0.15, 0.2) is 17.5 Å². The van der Waals surface area contributed by atoms with Gasteiger partial charge in [-0.3, -0.25) is 9.98 Å². The Morgan fingerprint density at radius 2 is 1.44 bits per heavy atom. The van der Waals surface area contributed by atoms with E-state index in [-0.39, 0.29) is 48.8 Å². The van der Waals surface area contributed by atoms with Gasteiger partial charge in [-0.15, -0.1) is 22.8 Å². The van der Waals surface area contributed by atoms with E-state index < -0.39 is 24.4 Å². The molecule has 0 amide bonds. The van der Waals surface area contributed by atoms with Gasteiger partial charge in [0.25, 0.3) is 29.6 Å². The molecule has 9 rings (SSSR count). The van der Waals surface area contributed by atoms with Crippen LogP contribution in [-0.4, -0.2) is 126 Å². The monoisotopic (exact) mass is 800 g/mol. The van der Waals surface area contributed by atoms with Gasteiger partial charge >= 0.3 is 0 Å². The smallest absolute Gasteiger partial charge is 0.290 e. The molecule has 0 bridgehead atoms. The molecule has 0 saturated heterocycles. The van der Waals surface area contributed by atoms with E-state index >= 15 is 0 Å². The number of benzene rings is 2. The van der Waals surface area contributed by atoms with Crippen LogP contribution in [0.3, 0.4) is 0 Å². The molecule has 3 fully saturated rings. The molecule has 3 aliphatic carbocycles. The molecule has 4 aliphatic heterocycles. The topological polar surface area (TPSA) is 185 Å². The minimum absolute atomic E-state index is 0. The zero-order valence-electron chi connectivity index (χ0n) is 33.5. The molecule has 308 valence electrons. The zero-order valence-corrected chi connectivity index (χ0v) is 33.5. The Labute approximate surface area is 346 Å². The molecule has 2 aromatic rings. The lowest BCUT2D eigenvalue weighted by molar-refractivity contribution is -0.463. The first-order chi connectivity index (χ1) is 28.0. The highest BCUT2D eigenvalue weighted by Crippen LogP contribution is 2.63. The van der Waals surface area contributed by atoms with Crippen molar-refractivity contribution in [3.8, 4) is 24.7 Å². The number of terminal acetylenes is 2. The largest absolute Gasteiger partial charge is 0.390 e. The maximum Gasteiger partial charge on any atom is 0.290 e. The summed E-state index contributed by atoms with van der Waals surface area (Å²) >= 11 is 0. The van der Waals surface area contributed by atoms with Crippen LogP contribution in [0.1, 0.15) is 71.6 Å². The number of aliphatic hydroxyl groups is 4. The second-order valence-corrected chi connectivity index (χ2v) is 15.7. The molecular weight excluding hydrogens is 745 g/mol. The third-order valence-electron chi connectivity index (χ3n) is 11.9. The molecule has 14 nitrogen and oxygen atoms in total. The molecular formula is C45H56N10O4+2. The Hall–Kier alpha value is -5.64. The summed E-state index contributed by atoms with van der Waals surface area (Å²) in [7, 11) is 0. The van der Waals surface area contributed by atoms with Crippen LogP contribution in [0.15, 0.2) is 84.6 Å². The summed E-state index contributed by atoms with van der Waals surface area (Å²) in [5, 5.41) is 47.9. The van der Waals surface area contributed by atoms with E-state index in [1.165, 1.54) is 0 Å². The van der Waals surface area contributed by atoms with Gasteiger partial charge in [-0.2, -0.15) is 0 Å². The van der Waals surface area contributed by atoms with E-state index in [9.17, 15) is 20.4 Å². The van der Waals surface area contributed by atoms with Gasteiger partial charge in [-0.25, -0.2) is 9.15 Å². The van der Waals surface area contributed by atoms with Gasteiger partial charge in [0.05, 0.1) is 25.3 Å². The Balaban J connectivity index is 0.000000187. The van der Waals surface area contributed by atoms with E-state index in [4.69, 9.17) is 17.8 Å². The fourth-order valence-electron chi connectivity index (χ4n) is 8.66. The summed E-state index contributed by atoms with van der Waals surface area (Å²) in [6, 6.07) is 16.5. The first kappa shape index (κ1) is 43.0. The van der Waals surface area contributed by atoms with Crippen molar-refractivity contribution < 1.29 is 29.6 Å². The maximum atomic E-state index is 10.6. The van der Waals surface area contributed by atoms with Crippen LogP contribution in [0.4, 0.5) is 0 Å². The van der Waals surface area contributed by atoms with Gasteiger partial charge in [0.1, 0.15) is 24.3 Å². The van der Waals surface area contributed by atoms with Gasteiger partial charge in [-0.05, 0) is 47.9 Å². The van der Waals surface area contributed by atoms with Crippen molar-refractivity contribution in [2.75, 3.05) is 0 Å². The van der Waals surface area contributed by atoms with Crippen molar-refractivity contribution in [1.82, 2.24) is 10.6 Å². The summed E-state index contributed by atoms with van der Waals surface area (Å²) in [4.78, 5) is 27.7. The molecule has 3 saturated carbocycles. The van der Waals surface area contributed by atoms with Crippen LogP contribution < -0.4 is 10.6 Å². The van der Waals surface area contributed by atoms with E-state index in [2.05, 4.69) is 47.4 Å². The third kappa shape index (κ3) is 8.19. The Morgan fingerprint density at radius 3 is 2.05 bits per heavy atom. The number of hydrogen-bond donors (Lipinski definition) is 6. The van der Waals surface area contributed by atoms with Crippen molar-refractivity contribution in [1.29, 1.82) is 0 Å². The van der Waals surface area contributed by atoms with Crippen LogP contribution >= 0.6 is 0 Å². The normalized spacial score (nSPS) is 34.4. The second-order valence-electron chi connectivity index (χ2n) is 15.7. The first-order valence-corrected chi connectivity index (χ1v) is 19.9. The average Bonchev–Trinajstić information content (AvgIpc) is 3.51. The summed E-state index contributed by atoms with van der Waals surface area (Å²) in [5.74, 6) is 9.27. The van der Waals surface area contributed by atoms with E-state index in [0.717, 1.165) is 34.8 Å². The number of amidine groups is 6. The summed E-state index contributed by atoms with van der Waals surface area (Å²) in [6.07, 6.45) is 12.9. The number of aliphatic imine (C=N–C) groups is 6. The Bertz CT molecular complexity index is 2260. The Kier molecular flexibility index (Phi) is 12.9. The third-order valence-corrected chi connectivity index (χ3v) is 11.9. The highest BCUT2D eigenvalue weighted by molar-refractivity contribution is 6.26. The summed E-state index contributed by atoms with van der Waals surface area (Å²) in [5.41, 5.74) is 2.71. The molecule has 0 aromatic heterocycles. The number of nitrogens with zero attached hydrogens (tertiary/aromatic N) is 8. The number of rotatable bonds is 6. The van der Waals surface area contributed by atoms with Crippen LogP contribution in [-0.2, 0) is 13.1 Å². The lowest BCUT2D eigenvalue weighted by atomic mass is 10.0. The average molecular weight is 801 g/mol. The standard InChI is InChI=1S/C21H21N5O2.C21H23N5O2.C2H6.CH4/c1-3-14-24-19(22-10-12-7-5-4-6-8-12)15-20(25-14)26(11-23-15)16-13-9-21(13,2)18(28)17(16)27;1-4-14-6-5-7-15(9-14)10-22-20-17-21(25-13(3)24-20)26(11-23-17)16-8-12(2)18(27)19(16)28;1-2;/h1,4-8,11,13,15-18,27-28H,9-10H2,2H3;1,5-7,9,11-12,16-19,27-28H,8,10H2,2-3H3;1-2H3;1H4/p+2/t13?,15?,16-,17+,18+,21+;12-,16+,17?,18+,19-;;/m10../s1. The number of hydrogen-bond acceptors (Lipinski definition) is 10. The number of aliphatic hydroxyl groups excluding tert-OH is 4. The second kappa shape index (κ2) is 17.7. The molecule has 14 heteroatoms. The highest BCUT2D eigenvalue weighted by atomic mass is 16.3. The fourth-order valence-corrected chi connectivity index (χ4v) is 8.66. The predicted molar refractivity (Wildman–Crippen MR) is 234 cm³/mol. The minimum atomic E-state index is -0.842. The van der Waals surface area contributed by atoms with Gasteiger partial charge in [0.2, 0.25) is 12.7 Å². The Morgan fingerprint density at radius 1 is 0.814 bits per heavy atom. The molecule has 11 atom stereocenters. The van der Waals surface area contributed by atoms with E-state index in [1.54, 1.807) is 12.7 Å². The fraction of sp³-hybridized carbons (Fsp3) is 0.467. The zero-order chi connectivity index (χ0) is 41.3. The molecule has 4 heterocycles. The molecule has 2 aromatic carbocycles. The van der Waals surface area contributed by atoms with E-state index in [1.807, 2.05) is 98.4 Å². The SMILES string of the molecule is C.C#CC1=NC2=[N+]([C@@H]3C4C[C@]4(C)[C@@H](O)[C@H]3O)C=NC2C(=NCc2ccccc2)N1.C#Cc1cccc(CN=C2NC(C)=NC3=[N+]([C@@H]4C[C@H](C)[C@@H](O)[C@H]4O)C=NC23)c1.CC. The van der Waals surface area contributed by atoms with Crippen LogP contribution in [0.2, 0.25) is 0 Å². The lowest BCUT2D eigenvalue weighted by Crippen LogP contribution is -2.49. The molecule has 7 aliphatic rings. The van der Waals surface area contributed by atoms with Crippen LogP contribution in [0, 0.1) is 41.9 Å². The molecule has 59 heavy (non-hydrogen) atoms. The summed E-state index contributed by atoms with van der Waals surface area (Å²) in [6.45, 7) is 10.8. The van der Waals surface area contributed by atoms with Crippen molar-refractivity contribution >= 4 is 47.7 Å². The molecule has 0 radical (unpaired) electrons. The van der Waals surface area contributed by atoms with Crippen LogP contribution in [0.5, 0.6) is 0 Å². The maximum absolute atomic E-state index is 10.6. The van der Waals surface area contributed by atoms with Gasteiger partial charge in [0, 0.05) is 23.8 Å². The van der Waals surface area contributed by atoms with Crippen molar-refractivity contribution in [2.24, 2.45) is 47.2 Å². The number of nitrogens with one attached hydrogen (secondary N) is 2. The van der Waals surface area contributed by atoms with Crippen LogP contribution in [0.25, 0.3) is 0 Å². The molecule has 6 N–H and O–H groups in total. The first-order valence-electron chi connectivity index (χ1n) is 19.9. The summed E-state index contributed by atoms with van der Waals surface area (Å²) < 4.78 is 3.78. The number of fused-ring (bicyclic) bond motifs is 3. The predicted octanol–water partition coefficient (Wildman–Crippen LogP) is 2.37. The lowest BCUT2D eigenvalue weighted by Gasteiger charge is -2.22. The molecule has 3 unspecified atom stereocenters. The van der Waals surface area contributed by atoms with Crippen molar-refractivity contribution in [3.05, 3.63) is 71.3 Å². The minimum Gasteiger partial charge on any atom is -0.390 e. The van der Waals surface area contributed by atoms with Crippen molar-refractivity contribution in [2.45, 2.75) is 117 Å². The quantitative estimate of drug-likeness (QED) is 0.193.